The lowest BCUT2D eigenvalue weighted by Crippen LogP contribution is -2.31. The van der Waals surface area contributed by atoms with Crippen LogP contribution in [-0.2, 0) is 16.1 Å². The Bertz CT molecular complexity index is 810. The molecule has 118 valence electrons. The Morgan fingerprint density at radius 3 is 2.48 bits per heavy atom. The first-order valence-corrected chi connectivity index (χ1v) is 7.45. The van der Waals surface area contributed by atoms with E-state index in [1.165, 1.54) is 12.2 Å². The minimum Gasteiger partial charge on any atom is -0.478 e. The molecular formula is C16H11Cl2NO4. The van der Waals surface area contributed by atoms with E-state index >= 15 is 0 Å². The highest BCUT2D eigenvalue weighted by Crippen LogP contribution is 2.36. The second-order valence-corrected chi connectivity index (χ2v) is 6.00. The maximum atomic E-state index is 11.5. The first-order chi connectivity index (χ1) is 10.9. The van der Waals surface area contributed by atoms with E-state index in [0.29, 0.717) is 15.6 Å². The number of halogens is 2. The van der Waals surface area contributed by atoms with Gasteiger partial charge in [0.25, 0.3) is 0 Å². The normalized spacial score (nSPS) is 19.1. The number of rotatable bonds is 4. The van der Waals surface area contributed by atoms with Gasteiger partial charge in [-0.05, 0) is 35.4 Å². The minimum atomic E-state index is -1.11. The van der Waals surface area contributed by atoms with E-state index in [9.17, 15) is 19.8 Å². The third-order valence-electron chi connectivity index (χ3n) is 3.80. The molecule has 0 bridgehead atoms. The molecule has 1 aliphatic heterocycles. The number of aliphatic carboxylic acids is 2. The first-order valence-electron chi connectivity index (χ1n) is 6.69. The summed E-state index contributed by atoms with van der Waals surface area (Å²) in [5.74, 6) is -2.18. The molecule has 0 saturated carbocycles. The van der Waals surface area contributed by atoms with E-state index in [1.54, 1.807) is 29.2 Å². The average molecular weight is 352 g/mol. The van der Waals surface area contributed by atoms with Crippen LogP contribution in [0.2, 0.25) is 10.0 Å². The summed E-state index contributed by atoms with van der Waals surface area (Å²) in [6.45, 7) is 0.278. The van der Waals surface area contributed by atoms with Crippen molar-refractivity contribution in [2.24, 2.45) is 0 Å². The number of carbonyl (C=O) groups is 2. The third kappa shape index (κ3) is 2.73. The number of nitrogens with zero attached hydrogens (tertiary/aromatic N) is 1. The zero-order chi connectivity index (χ0) is 16.7. The monoisotopic (exact) mass is 351 g/mol. The fourth-order valence-corrected chi connectivity index (χ4v) is 3.08. The Labute approximate surface area is 141 Å². The van der Waals surface area contributed by atoms with E-state index in [-0.39, 0.29) is 17.8 Å². The van der Waals surface area contributed by atoms with Gasteiger partial charge >= 0.3 is 11.9 Å². The molecular weight excluding hydrogens is 341 g/mol. The van der Waals surface area contributed by atoms with Crippen molar-refractivity contribution in [1.82, 2.24) is 4.90 Å². The van der Waals surface area contributed by atoms with Gasteiger partial charge in [-0.3, -0.25) is 0 Å². The highest BCUT2D eigenvalue weighted by atomic mass is 35.5. The third-order valence-corrected chi connectivity index (χ3v) is 4.54. The van der Waals surface area contributed by atoms with Crippen LogP contribution in [0.4, 0.5) is 0 Å². The van der Waals surface area contributed by atoms with Crippen molar-refractivity contribution in [3.63, 3.8) is 0 Å². The molecule has 0 amide bonds. The Morgan fingerprint density at radius 1 is 1.13 bits per heavy atom. The highest BCUT2D eigenvalue weighted by molar-refractivity contribution is 6.42. The summed E-state index contributed by atoms with van der Waals surface area (Å²) in [5.41, 5.74) is 1.43. The van der Waals surface area contributed by atoms with Gasteiger partial charge in [-0.1, -0.05) is 35.3 Å². The molecule has 1 aromatic rings. The van der Waals surface area contributed by atoms with Crippen LogP contribution < -0.4 is 0 Å². The Balaban J connectivity index is 1.97. The lowest BCUT2D eigenvalue weighted by molar-refractivity contribution is -0.134. The van der Waals surface area contributed by atoms with E-state index < -0.39 is 18.0 Å². The van der Waals surface area contributed by atoms with Crippen molar-refractivity contribution in [2.45, 2.75) is 12.6 Å². The maximum Gasteiger partial charge on any atom is 0.352 e. The van der Waals surface area contributed by atoms with Gasteiger partial charge in [0.05, 0.1) is 21.7 Å². The molecule has 2 N–H and O–H groups in total. The summed E-state index contributed by atoms with van der Waals surface area (Å²) < 4.78 is 0. The average Bonchev–Trinajstić information content (AvgIpc) is 3.03. The van der Waals surface area contributed by atoms with E-state index in [4.69, 9.17) is 23.2 Å². The minimum absolute atomic E-state index is 0.0548. The largest absolute Gasteiger partial charge is 0.478 e. The molecule has 1 unspecified atom stereocenters. The predicted molar refractivity (Wildman–Crippen MR) is 85.3 cm³/mol. The van der Waals surface area contributed by atoms with E-state index in [1.807, 2.05) is 0 Å². The van der Waals surface area contributed by atoms with Gasteiger partial charge in [0, 0.05) is 6.54 Å². The molecule has 23 heavy (non-hydrogen) atoms. The Kier molecular flexibility index (Phi) is 3.92. The SMILES string of the molecule is O=C(O)C1=CC2=C(C(=O)O)C=CC2N1Cc1ccc(Cl)c(Cl)c1. The van der Waals surface area contributed by atoms with Crippen LogP contribution in [0.15, 0.2) is 53.3 Å². The molecule has 0 aromatic heterocycles. The summed E-state index contributed by atoms with van der Waals surface area (Å²) >= 11 is 11.9. The van der Waals surface area contributed by atoms with Gasteiger partial charge in [0.2, 0.25) is 0 Å². The van der Waals surface area contributed by atoms with Crippen LogP contribution in [0.1, 0.15) is 5.56 Å². The van der Waals surface area contributed by atoms with Crippen molar-refractivity contribution in [1.29, 1.82) is 0 Å². The molecule has 5 nitrogen and oxygen atoms in total. The predicted octanol–water partition coefficient (Wildman–Crippen LogP) is 3.10. The first kappa shape index (κ1) is 15.6. The molecule has 7 heteroatoms. The number of carboxylic acid groups (broad SMARTS) is 2. The summed E-state index contributed by atoms with van der Waals surface area (Å²) in [7, 11) is 0. The molecule has 3 rings (SSSR count). The molecule has 1 atom stereocenters. The highest BCUT2D eigenvalue weighted by Gasteiger charge is 2.37. The quantitative estimate of drug-likeness (QED) is 0.871. The van der Waals surface area contributed by atoms with Gasteiger partial charge in [0.1, 0.15) is 5.70 Å². The molecule has 0 radical (unpaired) electrons. The van der Waals surface area contributed by atoms with Gasteiger partial charge in [-0.15, -0.1) is 0 Å². The molecule has 1 aliphatic carbocycles. The molecule has 1 heterocycles. The second kappa shape index (κ2) is 5.76. The number of fused-ring (bicyclic) bond motifs is 1. The zero-order valence-electron chi connectivity index (χ0n) is 11.7. The van der Waals surface area contributed by atoms with Crippen LogP contribution in [0.3, 0.4) is 0 Å². The topological polar surface area (TPSA) is 77.8 Å². The van der Waals surface area contributed by atoms with Crippen molar-refractivity contribution < 1.29 is 19.8 Å². The summed E-state index contributed by atoms with van der Waals surface area (Å²) in [6.07, 6.45) is 4.59. The van der Waals surface area contributed by atoms with Crippen molar-refractivity contribution in [3.05, 3.63) is 68.9 Å². The van der Waals surface area contributed by atoms with Crippen LogP contribution in [0.25, 0.3) is 0 Å². The van der Waals surface area contributed by atoms with E-state index in [0.717, 1.165) is 5.56 Å². The number of benzene rings is 1. The number of hydrogen-bond donors (Lipinski definition) is 2. The fraction of sp³-hybridized carbons (Fsp3) is 0.125. The van der Waals surface area contributed by atoms with Crippen LogP contribution >= 0.6 is 23.2 Å². The molecule has 1 aromatic carbocycles. The Hall–Kier alpha value is -2.24. The summed E-state index contributed by atoms with van der Waals surface area (Å²) in [6, 6.07) is 4.67. The maximum absolute atomic E-state index is 11.5. The molecule has 0 spiro atoms. The van der Waals surface area contributed by atoms with E-state index in [2.05, 4.69) is 0 Å². The van der Waals surface area contributed by atoms with Crippen LogP contribution in [-0.4, -0.2) is 33.1 Å². The zero-order valence-corrected chi connectivity index (χ0v) is 13.2. The molecule has 2 aliphatic rings. The smallest absolute Gasteiger partial charge is 0.352 e. The summed E-state index contributed by atoms with van der Waals surface area (Å²) in [4.78, 5) is 24.3. The van der Waals surface area contributed by atoms with Crippen LogP contribution in [0.5, 0.6) is 0 Å². The standard InChI is InChI=1S/C16H11Cl2NO4/c17-11-3-1-8(5-12(11)18)7-19-13-4-2-9(15(20)21)10(13)6-14(19)16(22)23/h1-6,13H,7H2,(H,20,21)(H,22,23). The van der Waals surface area contributed by atoms with Crippen molar-refractivity contribution >= 4 is 35.1 Å². The second-order valence-electron chi connectivity index (χ2n) is 5.19. The van der Waals surface area contributed by atoms with Gasteiger partial charge in [-0.25, -0.2) is 9.59 Å². The van der Waals surface area contributed by atoms with Gasteiger partial charge in [-0.2, -0.15) is 0 Å². The molecule has 0 saturated heterocycles. The van der Waals surface area contributed by atoms with Gasteiger partial charge < -0.3 is 15.1 Å². The number of hydrogen-bond acceptors (Lipinski definition) is 3. The van der Waals surface area contributed by atoms with Crippen molar-refractivity contribution in [3.8, 4) is 0 Å². The molecule has 0 fully saturated rings. The Morgan fingerprint density at radius 2 is 1.87 bits per heavy atom. The van der Waals surface area contributed by atoms with Crippen LogP contribution in [0, 0.1) is 0 Å². The summed E-state index contributed by atoms with van der Waals surface area (Å²) in [5, 5.41) is 19.4. The lowest BCUT2D eigenvalue weighted by atomic mass is 10.1. The number of carboxylic acids is 2. The lowest BCUT2D eigenvalue weighted by Gasteiger charge is -2.26. The van der Waals surface area contributed by atoms with Gasteiger partial charge in [0.15, 0.2) is 0 Å². The van der Waals surface area contributed by atoms with Crippen molar-refractivity contribution in [2.75, 3.05) is 0 Å². The fourth-order valence-electron chi connectivity index (χ4n) is 2.76.